The monoisotopic (exact) mass is 308 g/mol. The van der Waals surface area contributed by atoms with Crippen LogP contribution in [0.1, 0.15) is 16.1 Å². The van der Waals surface area contributed by atoms with E-state index in [1.807, 2.05) is 6.92 Å². The van der Waals surface area contributed by atoms with Crippen LogP contribution in [0.5, 0.6) is 11.8 Å². The lowest BCUT2D eigenvalue weighted by atomic mass is 10.2. The van der Waals surface area contributed by atoms with Crippen LogP contribution in [0.2, 0.25) is 0 Å². The summed E-state index contributed by atoms with van der Waals surface area (Å²) in [6.45, 7) is 1.82. The van der Waals surface area contributed by atoms with Crippen molar-refractivity contribution >= 4 is 21.9 Å². The highest BCUT2D eigenvalue weighted by Gasteiger charge is 2.10. The lowest BCUT2D eigenvalue weighted by Gasteiger charge is -2.07. The van der Waals surface area contributed by atoms with Gasteiger partial charge >= 0.3 is 12.0 Å². The molecule has 0 aliphatic carbocycles. The second kappa shape index (κ2) is 5.14. The highest BCUT2D eigenvalue weighted by molar-refractivity contribution is 9.10. The van der Waals surface area contributed by atoms with Gasteiger partial charge in [0.05, 0.1) is 10.0 Å². The number of nitrogens with zero attached hydrogens (tertiary/aromatic N) is 2. The summed E-state index contributed by atoms with van der Waals surface area (Å²) in [5, 5.41) is 8.91. The van der Waals surface area contributed by atoms with Crippen LogP contribution in [0.4, 0.5) is 0 Å². The maximum Gasteiger partial charge on any atom is 0.335 e. The van der Waals surface area contributed by atoms with E-state index in [0.717, 1.165) is 5.69 Å². The minimum absolute atomic E-state index is 0.140. The molecule has 0 atom stereocenters. The van der Waals surface area contributed by atoms with Gasteiger partial charge < -0.3 is 9.84 Å². The molecule has 0 spiro atoms. The number of aromatic carboxylic acids is 1. The van der Waals surface area contributed by atoms with Gasteiger partial charge in [-0.3, -0.25) is 0 Å². The van der Waals surface area contributed by atoms with Gasteiger partial charge in [0.2, 0.25) is 0 Å². The standard InChI is InChI=1S/C12H9BrN2O3/c1-7-4-5-14-12(15-7)18-10-6-8(11(16)17)2-3-9(10)13/h2-6H,1H3,(H,16,17). The molecule has 0 radical (unpaired) electrons. The Labute approximate surface area is 112 Å². The smallest absolute Gasteiger partial charge is 0.335 e. The summed E-state index contributed by atoms with van der Waals surface area (Å²) >= 11 is 3.28. The molecule has 1 aromatic carbocycles. The summed E-state index contributed by atoms with van der Waals surface area (Å²) in [5.41, 5.74) is 0.909. The number of hydrogen-bond donors (Lipinski definition) is 1. The van der Waals surface area contributed by atoms with E-state index in [-0.39, 0.29) is 11.6 Å². The Morgan fingerprint density at radius 2 is 2.17 bits per heavy atom. The van der Waals surface area contributed by atoms with Crippen LogP contribution >= 0.6 is 15.9 Å². The Bertz CT molecular complexity index is 602. The first-order valence-corrected chi connectivity index (χ1v) is 5.86. The second-order valence-electron chi connectivity index (χ2n) is 3.53. The maximum atomic E-state index is 10.9. The molecule has 2 rings (SSSR count). The number of halogens is 1. The average molecular weight is 309 g/mol. The zero-order valence-corrected chi connectivity index (χ0v) is 11.0. The van der Waals surface area contributed by atoms with Crippen molar-refractivity contribution in [3.63, 3.8) is 0 Å². The third-order valence-electron chi connectivity index (χ3n) is 2.15. The fourth-order valence-electron chi connectivity index (χ4n) is 1.29. The molecule has 1 heterocycles. The van der Waals surface area contributed by atoms with Gasteiger partial charge in [0.15, 0.2) is 0 Å². The summed E-state index contributed by atoms with van der Waals surface area (Å²) in [4.78, 5) is 18.9. The first-order chi connectivity index (χ1) is 8.56. The third-order valence-corrected chi connectivity index (χ3v) is 2.81. The molecule has 1 N–H and O–H groups in total. The van der Waals surface area contributed by atoms with E-state index in [1.165, 1.54) is 12.1 Å². The summed E-state index contributed by atoms with van der Waals surface area (Å²) < 4.78 is 6.09. The highest BCUT2D eigenvalue weighted by Crippen LogP contribution is 2.29. The first kappa shape index (κ1) is 12.5. The van der Waals surface area contributed by atoms with Crippen molar-refractivity contribution in [2.75, 3.05) is 0 Å². The van der Waals surface area contributed by atoms with Crippen LogP contribution in [-0.2, 0) is 0 Å². The number of carboxylic acids is 1. The molecular formula is C12H9BrN2O3. The van der Waals surface area contributed by atoms with Crippen LogP contribution in [0.3, 0.4) is 0 Å². The van der Waals surface area contributed by atoms with Gasteiger partial charge in [-0.05, 0) is 47.1 Å². The minimum Gasteiger partial charge on any atom is -0.478 e. The Balaban J connectivity index is 2.33. The molecule has 5 nitrogen and oxygen atoms in total. The summed E-state index contributed by atoms with van der Waals surface area (Å²) in [6.07, 6.45) is 1.58. The van der Waals surface area contributed by atoms with Crippen LogP contribution in [0.25, 0.3) is 0 Å². The zero-order chi connectivity index (χ0) is 13.1. The number of carboxylic acid groups (broad SMARTS) is 1. The predicted molar refractivity (Wildman–Crippen MR) is 67.9 cm³/mol. The molecule has 6 heteroatoms. The third kappa shape index (κ3) is 2.84. The van der Waals surface area contributed by atoms with Crippen molar-refractivity contribution in [2.24, 2.45) is 0 Å². The van der Waals surface area contributed by atoms with E-state index in [1.54, 1.807) is 18.3 Å². The van der Waals surface area contributed by atoms with E-state index in [9.17, 15) is 4.79 Å². The number of rotatable bonds is 3. The fourth-order valence-corrected chi connectivity index (χ4v) is 1.62. The Morgan fingerprint density at radius 1 is 1.39 bits per heavy atom. The number of benzene rings is 1. The Hall–Kier alpha value is -1.95. The SMILES string of the molecule is Cc1ccnc(Oc2cc(C(=O)O)ccc2Br)n1. The van der Waals surface area contributed by atoms with Crippen molar-refractivity contribution in [1.29, 1.82) is 0 Å². The summed E-state index contributed by atoms with van der Waals surface area (Å²) in [5.74, 6) is -0.655. The van der Waals surface area contributed by atoms with Gasteiger partial charge in [-0.1, -0.05) is 0 Å². The van der Waals surface area contributed by atoms with E-state index >= 15 is 0 Å². The molecule has 0 aliphatic heterocycles. The molecule has 1 aromatic heterocycles. The van der Waals surface area contributed by atoms with Crippen molar-refractivity contribution in [3.8, 4) is 11.8 Å². The van der Waals surface area contributed by atoms with Crippen molar-refractivity contribution in [3.05, 3.63) is 46.2 Å². The lowest BCUT2D eigenvalue weighted by molar-refractivity contribution is 0.0696. The van der Waals surface area contributed by atoms with Crippen LogP contribution in [0.15, 0.2) is 34.9 Å². The molecule has 2 aromatic rings. The largest absolute Gasteiger partial charge is 0.478 e. The van der Waals surface area contributed by atoms with Gasteiger partial charge in [0.25, 0.3) is 0 Å². The molecule has 92 valence electrons. The van der Waals surface area contributed by atoms with Gasteiger partial charge in [-0.25, -0.2) is 14.8 Å². The number of aryl methyl sites for hydroxylation is 1. The molecule has 0 unspecified atom stereocenters. The number of carbonyl (C=O) groups is 1. The van der Waals surface area contributed by atoms with Crippen molar-refractivity contribution in [1.82, 2.24) is 9.97 Å². The zero-order valence-electron chi connectivity index (χ0n) is 9.42. The van der Waals surface area contributed by atoms with Crippen LogP contribution in [0, 0.1) is 6.92 Å². The topological polar surface area (TPSA) is 72.3 Å². The molecule has 0 saturated carbocycles. The molecule has 18 heavy (non-hydrogen) atoms. The number of hydrogen-bond acceptors (Lipinski definition) is 4. The van der Waals surface area contributed by atoms with Gasteiger partial charge in [0, 0.05) is 11.9 Å². The van der Waals surface area contributed by atoms with Crippen molar-refractivity contribution < 1.29 is 14.6 Å². The fraction of sp³-hybridized carbons (Fsp3) is 0.0833. The average Bonchev–Trinajstić information content (AvgIpc) is 2.31. The number of aromatic nitrogens is 2. The summed E-state index contributed by atoms with van der Waals surface area (Å²) in [6, 6.07) is 6.43. The molecule has 0 fully saturated rings. The Morgan fingerprint density at radius 3 is 2.83 bits per heavy atom. The normalized spacial score (nSPS) is 10.1. The molecule has 0 aliphatic rings. The molecular weight excluding hydrogens is 300 g/mol. The van der Waals surface area contributed by atoms with Crippen molar-refractivity contribution in [2.45, 2.75) is 6.92 Å². The van der Waals surface area contributed by atoms with Crippen LogP contribution < -0.4 is 4.74 Å². The van der Waals surface area contributed by atoms with Crippen LogP contribution in [-0.4, -0.2) is 21.0 Å². The summed E-state index contributed by atoms with van der Waals surface area (Å²) in [7, 11) is 0. The van der Waals surface area contributed by atoms with Gasteiger partial charge in [-0.2, -0.15) is 0 Å². The van der Waals surface area contributed by atoms with E-state index in [4.69, 9.17) is 9.84 Å². The maximum absolute atomic E-state index is 10.9. The molecule has 0 amide bonds. The predicted octanol–water partition coefficient (Wildman–Crippen LogP) is 3.04. The molecule has 0 bridgehead atoms. The number of ether oxygens (including phenoxy) is 1. The lowest BCUT2D eigenvalue weighted by Crippen LogP contribution is -1.98. The van der Waals surface area contributed by atoms with Gasteiger partial charge in [-0.15, -0.1) is 0 Å². The second-order valence-corrected chi connectivity index (χ2v) is 4.39. The van der Waals surface area contributed by atoms with E-state index in [0.29, 0.717) is 10.2 Å². The van der Waals surface area contributed by atoms with Gasteiger partial charge in [0.1, 0.15) is 5.75 Å². The quantitative estimate of drug-likeness (QED) is 0.943. The van der Waals surface area contributed by atoms with E-state index in [2.05, 4.69) is 25.9 Å². The van der Waals surface area contributed by atoms with E-state index < -0.39 is 5.97 Å². The first-order valence-electron chi connectivity index (χ1n) is 5.06. The Kier molecular flexibility index (Phi) is 3.57. The highest BCUT2D eigenvalue weighted by atomic mass is 79.9. The molecule has 0 saturated heterocycles. The minimum atomic E-state index is -1.02.